The highest BCUT2D eigenvalue weighted by Crippen LogP contribution is 2.35. The molecule has 0 saturated carbocycles. The second kappa shape index (κ2) is 7.26. The third kappa shape index (κ3) is 3.85. The van der Waals surface area contributed by atoms with Crippen molar-refractivity contribution >= 4 is 17.1 Å². The molecule has 1 heterocycles. The summed E-state index contributed by atoms with van der Waals surface area (Å²) >= 11 is 0. The molecular weight excluding hydrogens is 270 g/mol. The Labute approximate surface area is 125 Å². The third-order valence-electron chi connectivity index (χ3n) is 3.85. The minimum absolute atomic E-state index is 0.161. The van der Waals surface area contributed by atoms with Crippen molar-refractivity contribution in [3.8, 4) is 0 Å². The van der Waals surface area contributed by atoms with Crippen molar-refractivity contribution in [2.24, 2.45) is 5.92 Å². The minimum Gasteiger partial charge on any atom is -0.381 e. The van der Waals surface area contributed by atoms with E-state index in [0.29, 0.717) is 23.8 Å². The Hall–Kier alpha value is -1.82. The maximum Gasteiger partial charge on any atom is 0.315 e. The van der Waals surface area contributed by atoms with Crippen LogP contribution in [0.25, 0.3) is 0 Å². The summed E-state index contributed by atoms with van der Waals surface area (Å²) in [5.74, 6) is 0.533. The number of ether oxygens (including phenoxy) is 1. The van der Waals surface area contributed by atoms with Crippen molar-refractivity contribution in [3.63, 3.8) is 0 Å². The number of para-hydroxylation sites is 1. The highest BCUT2D eigenvalue weighted by Gasteiger charge is 2.24. The fraction of sp³-hybridized carbons (Fsp3) is 0.600. The van der Waals surface area contributed by atoms with Crippen LogP contribution < -0.4 is 10.2 Å². The van der Waals surface area contributed by atoms with Gasteiger partial charge in [0.05, 0.1) is 4.92 Å². The van der Waals surface area contributed by atoms with Crippen LogP contribution in [0, 0.1) is 16.0 Å². The molecule has 0 spiro atoms. The van der Waals surface area contributed by atoms with E-state index in [1.807, 2.05) is 31.0 Å². The third-order valence-corrected chi connectivity index (χ3v) is 3.85. The summed E-state index contributed by atoms with van der Waals surface area (Å²) in [5, 5.41) is 14.5. The normalized spacial score (nSPS) is 15.7. The number of nitro benzene ring substituents is 1. The predicted octanol–water partition coefficient (Wildman–Crippen LogP) is 2.89. The highest BCUT2D eigenvalue weighted by molar-refractivity contribution is 5.76. The zero-order chi connectivity index (χ0) is 15.2. The highest BCUT2D eigenvalue weighted by atomic mass is 16.6. The van der Waals surface area contributed by atoms with Gasteiger partial charge in [-0.2, -0.15) is 0 Å². The largest absolute Gasteiger partial charge is 0.381 e. The molecule has 6 nitrogen and oxygen atoms in total. The lowest BCUT2D eigenvalue weighted by atomic mass is 9.99. The average Bonchev–Trinajstić information content (AvgIpc) is 2.48. The van der Waals surface area contributed by atoms with Crippen molar-refractivity contribution < 1.29 is 9.66 Å². The molecule has 0 aliphatic carbocycles. The van der Waals surface area contributed by atoms with E-state index in [4.69, 9.17) is 4.74 Å². The molecule has 2 rings (SSSR count). The molecule has 1 N–H and O–H groups in total. The van der Waals surface area contributed by atoms with E-state index in [1.54, 1.807) is 6.07 Å². The SMILES string of the molecule is CCNc1cccc(N(C)CC2CCOCC2)c1[N+](=O)[O-]. The smallest absolute Gasteiger partial charge is 0.315 e. The zero-order valence-electron chi connectivity index (χ0n) is 12.7. The number of nitro groups is 1. The molecule has 1 aromatic carbocycles. The first-order chi connectivity index (χ1) is 10.1. The van der Waals surface area contributed by atoms with Crippen LogP contribution in [0.2, 0.25) is 0 Å². The van der Waals surface area contributed by atoms with E-state index >= 15 is 0 Å². The van der Waals surface area contributed by atoms with Gasteiger partial charge < -0.3 is 15.0 Å². The maximum absolute atomic E-state index is 11.4. The lowest BCUT2D eigenvalue weighted by Crippen LogP contribution is -2.30. The molecule has 1 saturated heterocycles. The Bertz CT molecular complexity index is 487. The second-order valence-corrected chi connectivity index (χ2v) is 5.40. The van der Waals surface area contributed by atoms with Gasteiger partial charge in [-0.15, -0.1) is 0 Å². The number of nitrogens with one attached hydrogen (secondary N) is 1. The molecule has 1 fully saturated rings. The molecular formula is C15H23N3O3. The molecule has 0 atom stereocenters. The quantitative estimate of drug-likeness (QED) is 0.645. The summed E-state index contributed by atoms with van der Waals surface area (Å²) in [6.45, 7) is 4.99. The van der Waals surface area contributed by atoms with Crippen LogP contribution in [-0.4, -0.2) is 38.3 Å². The van der Waals surface area contributed by atoms with Gasteiger partial charge in [0.15, 0.2) is 0 Å². The van der Waals surface area contributed by atoms with E-state index in [-0.39, 0.29) is 10.6 Å². The maximum atomic E-state index is 11.4. The molecule has 0 aromatic heterocycles. The van der Waals surface area contributed by atoms with Crippen LogP contribution in [-0.2, 0) is 4.74 Å². The second-order valence-electron chi connectivity index (χ2n) is 5.40. The summed E-state index contributed by atoms with van der Waals surface area (Å²) in [6, 6.07) is 5.44. The number of benzene rings is 1. The number of anilines is 2. The first kappa shape index (κ1) is 15.6. The van der Waals surface area contributed by atoms with Gasteiger partial charge in [-0.25, -0.2) is 0 Å². The van der Waals surface area contributed by atoms with E-state index in [1.165, 1.54) is 0 Å². The topological polar surface area (TPSA) is 67.6 Å². The molecule has 21 heavy (non-hydrogen) atoms. The Morgan fingerprint density at radius 1 is 1.43 bits per heavy atom. The molecule has 6 heteroatoms. The van der Waals surface area contributed by atoms with Crippen molar-refractivity contribution in [2.75, 3.05) is 43.6 Å². The number of hydrogen-bond donors (Lipinski definition) is 1. The first-order valence-electron chi connectivity index (χ1n) is 7.43. The minimum atomic E-state index is -0.298. The van der Waals surface area contributed by atoms with Crippen LogP contribution in [0.4, 0.5) is 17.1 Å². The van der Waals surface area contributed by atoms with Gasteiger partial charge in [0.2, 0.25) is 0 Å². The summed E-state index contributed by atoms with van der Waals surface area (Å²) in [4.78, 5) is 13.1. The van der Waals surface area contributed by atoms with Gasteiger partial charge >= 0.3 is 5.69 Å². The molecule has 0 radical (unpaired) electrons. The molecule has 1 aliphatic heterocycles. The van der Waals surface area contributed by atoms with Crippen LogP contribution in [0.3, 0.4) is 0 Å². The Kier molecular flexibility index (Phi) is 5.38. The standard InChI is InChI=1S/C15H23N3O3/c1-3-16-13-5-4-6-14(15(13)18(19)20)17(2)11-12-7-9-21-10-8-12/h4-6,12,16H,3,7-11H2,1-2H3. The molecule has 0 bridgehead atoms. The fourth-order valence-corrected chi connectivity index (χ4v) is 2.78. The van der Waals surface area contributed by atoms with Gasteiger partial charge in [0.1, 0.15) is 11.4 Å². The van der Waals surface area contributed by atoms with Gasteiger partial charge in [0, 0.05) is 33.4 Å². The summed E-state index contributed by atoms with van der Waals surface area (Å²) < 4.78 is 5.36. The Morgan fingerprint density at radius 3 is 2.76 bits per heavy atom. The van der Waals surface area contributed by atoms with Crippen molar-refractivity contribution in [1.29, 1.82) is 0 Å². The van der Waals surface area contributed by atoms with Gasteiger partial charge in [0.25, 0.3) is 0 Å². The van der Waals surface area contributed by atoms with Crippen molar-refractivity contribution in [2.45, 2.75) is 19.8 Å². The fourth-order valence-electron chi connectivity index (χ4n) is 2.78. The monoisotopic (exact) mass is 293 g/mol. The van der Waals surface area contributed by atoms with Crippen molar-refractivity contribution in [1.82, 2.24) is 0 Å². The summed E-state index contributed by atoms with van der Waals surface area (Å²) in [6.07, 6.45) is 2.04. The average molecular weight is 293 g/mol. The summed E-state index contributed by atoms with van der Waals surface area (Å²) in [5.41, 5.74) is 1.41. The Balaban J connectivity index is 2.20. The number of hydrogen-bond acceptors (Lipinski definition) is 5. The lowest BCUT2D eigenvalue weighted by molar-refractivity contribution is -0.383. The zero-order valence-corrected chi connectivity index (χ0v) is 12.7. The number of nitrogens with zero attached hydrogens (tertiary/aromatic N) is 2. The molecule has 1 aromatic rings. The van der Waals surface area contributed by atoms with Crippen molar-refractivity contribution in [3.05, 3.63) is 28.3 Å². The molecule has 116 valence electrons. The molecule has 0 amide bonds. The van der Waals surface area contributed by atoms with Crippen LogP contribution in [0.5, 0.6) is 0 Å². The molecule has 1 aliphatic rings. The first-order valence-corrected chi connectivity index (χ1v) is 7.43. The molecule has 0 unspecified atom stereocenters. The number of rotatable bonds is 6. The van der Waals surface area contributed by atoms with Crippen LogP contribution in [0.1, 0.15) is 19.8 Å². The van der Waals surface area contributed by atoms with E-state index in [9.17, 15) is 10.1 Å². The van der Waals surface area contributed by atoms with E-state index < -0.39 is 0 Å². The van der Waals surface area contributed by atoms with Crippen LogP contribution >= 0.6 is 0 Å². The van der Waals surface area contributed by atoms with Gasteiger partial charge in [-0.1, -0.05) is 6.07 Å². The van der Waals surface area contributed by atoms with E-state index in [0.717, 1.165) is 32.6 Å². The van der Waals surface area contributed by atoms with E-state index in [2.05, 4.69) is 5.32 Å². The van der Waals surface area contributed by atoms with Gasteiger partial charge in [-0.05, 0) is 37.8 Å². The lowest BCUT2D eigenvalue weighted by Gasteiger charge is -2.28. The predicted molar refractivity (Wildman–Crippen MR) is 84.1 cm³/mol. The van der Waals surface area contributed by atoms with Gasteiger partial charge in [-0.3, -0.25) is 10.1 Å². The summed E-state index contributed by atoms with van der Waals surface area (Å²) in [7, 11) is 1.92. The van der Waals surface area contributed by atoms with Crippen LogP contribution in [0.15, 0.2) is 18.2 Å². The Morgan fingerprint density at radius 2 is 2.14 bits per heavy atom.